The number of ether oxygens (including phenoxy) is 2. The number of hydrogen-bond donors (Lipinski definition) is 0. The maximum Gasteiger partial charge on any atom is 0.290 e. The number of aryl methyl sites for hydroxylation is 1. The van der Waals surface area contributed by atoms with Crippen LogP contribution in [0.15, 0.2) is 57.9 Å². The quantitative estimate of drug-likeness (QED) is 0.286. The first-order valence-electron chi connectivity index (χ1n) is 9.39. The number of fused-ring (bicyclic) bond motifs is 2. The third kappa shape index (κ3) is 3.44. The van der Waals surface area contributed by atoms with E-state index in [4.69, 9.17) is 37.7 Å². The maximum atomic E-state index is 13.1. The SMILES string of the molecule is COc1ccnc2c(=O)n(-c3nc4cc(Cl)c(Oc5ccccc5C)cc4s3)c(=S)oc12. The number of aromatic nitrogens is 3. The molecule has 0 atom stereocenters. The summed E-state index contributed by atoms with van der Waals surface area (Å²) in [4.78, 5) is 21.8. The predicted octanol–water partition coefficient (Wildman–Crippen LogP) is 6.08. The number of para-hydroxylation sites is 1. The Balaban J connectivity index is 1.65. The number of benzene rings is 2. The van der Waals surface area contributed by atoms with Crippen LogP contribution in [-0.4, -0.2) is 21.6 Å². The van der Waals surface area contributed by atoms with Gasteiger partial charge in [-0.3, -0.25) is 4.79 Å². The molecule has 5 aromatic rings. The molecule has 0 aliphatic rings. The van der Waals surface area contributed by atoms with E-state index in [2.05, 4.69) is 9.97 Å². The van der Waals surface area contributed by atoms with Crippen molar-refractivity contribution in [3.8, 4) is 22.4 Å². The van der Waals surface area contributed by atoms with Crippen LogP contribution in [-0.2, 0) is 0 Å². The normalized spacial score (nSPS) is 11.2. The lowest BCUT2D eigenvalue weighted by Crippen LogP contribution is -2.20. The highest BCUT2D eigenvalue weighted by Crippen LogP contribution is 2.37. The summed E-state index contributed by atoms with van der Waals surface area (Å²) in [6.45, 7) is 1.95. The van der Waals surface area contributed by atoms with E-state index in [1.54, 1.807) is 18.2 Å². The summed E-state index contributed by atoms with van der Waals surface area (Å²) in [5, 5.41) is 0.743. The van der Waals surface area contributed by atoms with Gasteiger partial charge in [0.15, 0.2) is 11.3 Å². The van der Waals surface area contributed by atoms with E-state index in [1.165, 1.54) is 29.2 Å². The topological polar surface area (TPSA) is 79.4 Å². The van der Waals surface area contributed by atoms with Gasteiger partial charge >= 0.3 is 0 Å². The van der Waals surface area contributed by atoms with Crippen LogP contribution < -0.4 is 15.0 Å². The van der Waals surface area contributed by atoms with Crippen LogP contribution in [0.3, 0.4) is 0 Å². The second-order valence-electron chi connectivity index (χ2n) is 6.81. The average molecular weight is 484 g/mol. The van der Waals surface area contributed by atoms with E-state index < -0.39 is 5.56 Å². The van der Waals surface area contributed by atoms with Gasteiger partial charge < -0.3 is 13.9 Å². The van der Waals surface area contributed by atoms with Crippen LogP contribution >= 0.6 is 35.2 Å². The lowest BCUT2D eigenvalue weighted by atomic mass is 10.2. The van der Waals surface area contributed by atoms with Gasteiger partial charge in [-0.25, -0.2) is 14.5 Å². The van der Waals surface area contributed by atoms with E-state index in [9.17, 15) is 4.79 Å². The first kappa shape index (κ1) is 20.6. The summed E-state index contributed by atoms with van der Waals surface area (Å²) >= 11 is 13.0. The molecular weight excluding hydrogens is 470 g/mol. The fraction of sp³-hybridized carbons (Fsp3) is 0.0909. The highest BCUT2D eigenvalue weighted by atomic mass is 35.5. The maximum absolute atomic E-state index is 13.1. The average Bonchev–Trinajstić information content (AvgIpc) is 3.17. The Hall–Kier alpha value is -3.27. The Kier molecular flexibility index (Phi) is 5.16. The van der Waals surface area contributed by atoms with Crippen LogP contribution in [0.4, 0.5) is 0 Å². The van der Waals surface area contributed by atoms with E-state index >= 15 is 0 Å². The monoisotopic (exact) mass is 483 g/mol. The van der Waals surface area contributed by atoms with E-state index in [0.29, 0.717) is 32.9 Å². The summed E-state index contributed by atoms with van der Waals surface area (Å²) in [6.07, 6.45) is 1.47. The van der Waals surface area contributed by atoms with Crippen LogP contribution in [0.5, 0.6) is 17.2 Å². The molecule has 0 unspecified atom stereocenters. The van der Waals surface area contributed by atoms with Gasteiger partial charge in [0.25, 0.3) is 10.4 Å². The van der Waals surface area contributed by atoms with Gasteiger partial charge in [0.05, 0.1) is 22.3 Å². The molecule has 0 saturated carbocycles. The van der Waals surface area contributed by atoms with Crippen molar-refractivity contribution in [2.24, 2.45) is 0 Å². The first-order chi connectivity index (χ1) is 15.5. The van der Waals surface area contributed by atoms with Crippen LogP contribution in [0.1, 0.15) is 5.56 Å². The van der Waals surface area contributed by atoms with E-state index in [0.717, 1.165) is 10.3 Å². The van der Waals surface area contributed by atoms with Gasteiger partial charge in [0, 0.05) is 18.3 Å². The Bertz CT molecular complexity index is 1620. The Morgan fingerprint density at radius 1 is 1.16 bits per heavy atom. The second-order valence-corrected chi connectivity index (χ2v) is 8.58. The molecule has 0 amide bonds. The molecule has 10 heteroatoms. The molecule has 0 spiro atoms. The van der Waals surface area contributed by atoms with E-state index in [-0.39, 0.29) is 15.9 Å². The lowest BCUT2D eigenvalue weighted by molar-refractivity contribution is 0.404. The molecule has 5 rings (SSSR count). The number of nitrogens with zero attached hydrogens (tertiary/aromatic N) is 3. The highest BCUT2D eigenvalue weighted by Gasteiger charge is 2.18. The molecule has 0 saturated heterocycles. The molecule has 0 bridgehead atoms. The zero-order valence-electron chi connectivity index (χ0n) is 16.8. The Morgan fingerprint density at radius 3 is 2.75 bits per heavy atom. The minimum Gasteiger partial charge on any atom is -0.493 e. The third-order valence-corrected chi connectivity index (χ3v) is 6.37. The number of halogens is 1. The molecule has 0 fully saturated rings. The van der Waals surface area contributed by atoms with Gasteiger partial charge in [-0.1, -0.05) is 41.1 Å². The molecule has 32 heavy (non-hydrogen) atoms. The molecule has 2 aromatic carbocycles. The molecular formula is C22H14ClN3O4S2. The first-order valence-corrected chi connectivity index (χ1v) is 11.0. The molecule has 3 heterocycles. The smallest absolute Gasteiger partial charge is 0.290 e. The summed E-state index contributed by atoms with van der Waals surface area (Å²) in [5.74, 6) is 1.57. The van der Waals surface area contributed by atoms with Crippen LogP contribution in [0.25, 0.3) is 26.4 Å². The number of rotatable bonds is 4. The fourth-order valence-corrected chi connectivity index (χ4v) is 4.69. The molecule has 0 aliphatic carbocycles. The van der Waals surface area contributed by atoms with Crippen molar-refractivity contribution in [2.45, 2.75) is 6.92 Å². The third-order valence-electron chi connectivity index (χ3n) is 4.80. The van der Waals surface area contributed by atoms with Gasteiger partial charge in [-0.2, -0.15) is 0 Å². The van der Waals surface area contributed by atoms with Crippen molar-refractivity contribution in [1.29, 1.82) is 0 Å². The van der Waals surface area contributed by atoms with Gasteiger partial charge in [0.1, 0.15) is 11.5 Å². The summed E-state index contributed by atoms with van der Waals surface area (Å²) in [7, 11) is 1.48. The van der Waals surface area contributed by atoms with Crippen molar-refractivity contribution in [3.63, 3.8) is 0 Å². The standard InChI is InChI=1S/C22H14ClN3O4S2/c1-11-5-3-4-6-14(11)29-16-10-17-13(9-12(16)23)25-21(32-17)26-20(27)18-19(30-22(26)31)15(28-2)7-8-24-18/h3-10H,1-2H3. The number of hydrogen-bond acceptors (Lipinski definition) is 8. The van der Waals surface area contributed by atoms with Gasteiger partial charge in [0.2, 0.25) is 10.7 Å². The molecule has 3 aromatic heterocycles. The summed E-state index contributed by atoms with van der Waals surface area (Å²) in [5.41, 5.74) is 1.43. The van der Waals surface area contributed by atoms with Crippen molar-refractivity contribution >= 4 is 56.5 Å². The Morgan fingerprint density at radius 2 is 1.97 bits per heavy atom. The fourth-order valence-electron chi connectivity index (χ4n) is 3.21. The van der Waals surface area contributed by atoms with Crippen molar-refractivity contribution in [2.75, 3.05) is 7.11 Å². The minimum atomic E-state index is -0.448. The zero-order valence-corrected chi connectivity index (χ0v) is 19.2. The molecule has 7 nitrogen and oxygen atoms in total. The number of methoxy groups -OCH3 is 1. The summed E-state index contributed by atoms with van der Waals surface area (Å²) < 4.78 is 18.9. The van der Waals surface area contributed by atoms with Gasteiger partial charge in [-0.15, -0.1) is 0 Å². The minimum absolute atomic E-state index is 0.0599. The number of thiazole rings is 1. The van der Waals surface area contributed by atoms with Crippen molar-refractivity contribution < 1.29 is 13.9 Å². The molecule has 0 aliphatic heterocycles. The summed E-state index contributed by atoms with van der Waals surface area (Å²) in [6, 6.07) is 12.7. The highest BCUT2D eigenvalue weighted by molar-refractivity contribution is 7.71. The predicted molar refractivity (Wildman–Crippen MR) is 126 cm³/mol. The molecule has 0 N–H and O–H groups in total. The number of pyridine rings is 1. The second kappa shape index (κ2) is 8.01. The van der Waals surface area contributed by atoms with E-state index in [1.807, 2.05) is 31.2 Å². The zero-order chi connectivity index (χ0) is 22.4. The van der Waals surface area contributed by atoms with Gasteiger partial charge in [-0.05, 0) is 36.8 Å². The lowest BCUT2D eigenvalue weighted by Gasteiger charge is -2.09. The van der Waals surface area contributed by atoms with Crippen molar-refractivity contribution in [1.82, 2.24) is 14.5 Å². The molecule has 160 valence electrons. The Labute approximate surface area is 195 Å². The van der Waals surface area contributed by atoms with Crippen LogP contribution in [0.2, 0.25) is 5.02 Å². The largest absolute Gasteiger partial charge is 0.493 e. The van der Waals surface area contributed by atoms with Crippen LogP contribution in [0, 0.1) is 11.8 Å². The molecule has 0 radical (unpaired) electrons. The van der Waals surface area contributed by atoms with Crippen molar-refractivity contribution in [3.05, 3.63) is 74.4 Å².